The molecule has 0 atom stereocenters. The zero-order valence-corrected chi connectivity index (χ0v) is 11.6. The van der Waals surface area contributed by atoms with Gasteiger partial charge < -0.3 is 10.1 Å². The van der Waals surface area contributed by atoms with Gasteiger partial charge in [-0.3, -0.25) is 0 Å². The van der Waals surface area contributed by atoms with Crippen LogP contribution >= 0.6 is 0 Å². The number of nitrogens with one attached hydrogen (secondary N) is 1. The van der Waals surface area contributed by atoms with E-state index in [4.69, 9.17) is 4.74 Å². The molecule has 0 unspecified atom stereocenters. The molecule has 0 saturated heterocycles. The van der Waals surface area contributed by atoms with Crippen LogP contribution in [0.25, 0.3) is 0 Å². The second-order valence-electron chi connectivity index (χ2n) is 5.39. The molecule has 1 saturated carbocycles. The van der Waals surface area contributed by atoms with Crippen LogP contribution in [0.3, 0.4) is 0 Å². The van der Waals surface area contributed by atoms with E-state index in [-0.39, 0.29) is 17.0 Å². The molecule has 1 aliphatic rings. The van der Waals surface area contributed by atoms with E-state index in [1.807, 2.05) is 0 Å². The third-order valence-electron chi connectivity index (χ3n) is 2.73. The minimum absolute atomic E-state index is 0.0730. The molecule has 0 spiro atoms. The number of hydrogen-bond donors (Lipinski definition) is 1. The van der Waals surface area contributed by atoms with Crippen molar-refractivity contribution in [2.75, 3.05) is 5.75 Å². The lowest BCUT2D eigenvalue weighted by Gasteiger charge is -2.35. The van der Waals surface area contributed by atoms with Gasteiger partial charge in [-0.05, 0) is 33.6 Å². The molecule has 100 valence electrons. The standard InChI is InChI=1S/C11H21NO4S/c1-5-17(14,15)9-6-8(7-9)12-10(13)16-11(2,3)4/h8-9H,5-7H2,1-4H3,(H,12,13). The van der Waals surface area contributed by atoms with Crippen molar-refractivity contribution in [2.45, 2.75) is 57.4 Å². The molecule has 6 heteroatoms. The van der Waals surface area contributed by atoms with Gasteiger partial charge >= 0.3 is 6.09 Å². The normalized spacial score (nSPS) is 24.9. The Balaban J connectivity index is 2.33. The quantitative estimate of drug-likeness (QED) is 0.837. The van der Waals surface area contributed by atoms with Crippen LogP contribution in [-0.2, 0) is 14.6 Å². The van der Waals surface area contributed by atoms with Crippen molar-refractivity contribution in [3.05, 3.63) is 0 Å². The number of rotatable bonds is 3. The Hall–Kier alpha value is -0.780. The minimum Gasteiger partial charge on any atom is -0.444 e. The molecule has 1 N–H and O–H groups in total. The van der Waals surface area contributed by atoms with Gasteiger partial charge in [-0.15, -0.1) is 0 Å². The summed E-state index contributed by atoms with van der Waals surface area (Å²) in [6.07, 6.45) is 0.514. The summed E-state index contributed by atoms with van der Waals surface area (Å²) in [5, 5.41) is 2.37. The first-order valence-corrected chi connectivity index (χ1v) is 7.56. The highest BCUT2D eigenvalue weighted by Gasteiger charge is 2.38. The number of carbonyl (C=O) groups excluding carboxylic acids is 1. The molecule has 0 aromatic carbocycles. The van der Waals surface area contributed by atoms with Gasteiger partial charge in [-0.25, -0.2) is 13.2 Å². The van der Waals surface area contributed by atoms with Crippen molar-refractivity contribution >= 4 is 15.9 Å². The first-order valence-electron chi connectivity index (χ1n) is 5.85. The fraction of sp³-hybridized carbons (Fsp3) is 0.909. The molecule has 1 fully saturated rings. The highest BCUT2D eigenvalue weighted by Crippen LogP contribution is 2.27. The topological polar surface area (TPSA) is 72.5 Å². The van der Waals surface area contributed by atoms with Crippen LogP contribution in [0.1, 0.15) is 40.5 Å². The van der Waals surface area contributed by atoms with Crippen LogP contribution in [0.5, 0.6) is 0 Å². The van der Waals surface area contributed by atoms with Crippen molar-refractivity contribution in [3.63, 3.8) is 0 Å². The summed E-state index contributed by atoms with van der Waals surface area (Å²) in [7, 11) is -2.96. The SMILES string of the molecule is CCS(=O)(=O)C1CC(NC(=O)OC(C)(C)C)C1. The van der Waals surface area contributed by atoms with Gasteiger partial charge in [0.05, 0.1) is 5.25 Å². The minimum atomic E-state index is -2.96. The van der Waals surface area contributed by atoms with Crippen LogP contribution < -0.4 is 5.32 Å². The lowest BCUT2D eigenvalue weighted by Crippen LogP contribution is -2.51. The average Bonchev–Trinajstić information content (AvgIpc) is 2.07. The maximum atomic E-state index is 11.5. The van der Waals surface area contributed by atoms with Crippen LogP contribution in [0.2, 0.25) is 0 Å². The Kier molecular flexibility index (Phi) is 4.06. The van der Waals surface area contributed by atoms with Gasteiger partial charge in [-0.1, -0.05) is 6.92 Å². The first-order chi connectivity index (χ1) is 7.64. The van der Waals surface area contributed by atoms with Crippen molar-refractivity contribution < 1.29 is 17.9 Å². The van der Waals surface area contributed by atoms with E-state index in [9.17, 15) is 13.2 Å². The fourth-order valence-corrected chi connectivity index (χ4v) is 3.21. The molecule has 0 radical (unpaired) electrons. The number of hydrogen-bond acceptors (Lipinski definition) is 4. The molecule has 5 nitrogen and oxygen atoms in total. The maximum absolute atomic E-state index is 11.5. The van der Waals surface area contributed by atoms with Gasteiger partial charge in [0.15, 0.2) is 9.84 Å². The van der Waals surface area contributed by atoms with Crippen molar-refractivity contribution in [2.24, 2.45) is 0 Å². The molecule has 17 heavy (non-hydrogen) atoms. The monoisotopic (exact) mass is 263 g/mol. The molecular weight excluding hydrogens is 242 g/mol. The summed E-state index contributed by atoms with van der Waals surface area (Å²) in [5.41, 5.74) is -0.525. The lowest BCUT2D eigenvalue weighted by molar-refractivity contribution is 0.0481. The van der Waals surface area contributed by atoms with Crippen molar-refractivity contribution in [1.29, 1.82) is 0 Å². The zero-order chi connectivity index (χ0) is 13.3. The van der Waals surface area contributed by atoms with Crippen LogP contribution in [0.4, 0.5) is 4.79 Å². The molecule has 0 bridgehead atoms. The first kappa shape index (κ1) is 14.3. The van der Waals surface area contributed by atoms with E-state index in [1.165, 1.54) is 0 Å². The molecular formula is C11H21NO4S. The molecule has 1 rings (SSSR count). The Bertz CT molecular complexity index is 377. The van der Waals surface area contributed by atoms with E-state index in [2.05, 4.69) is 5.32 Å². The Labute approximate surface area is 103 Å². The molecule has 0 heterocycles. The maximum Gasteiger partial charge on any atom is 0.407 e. The highest BCUT2D eigenvalue weighted by molar-refractivity contribution is 7.92. The van der Waals surface area contributed by atoms with E-state index in [0.29, 0.717) is 12.8 Å². The molecule has 0 aliphatic heterocycles. The van der Waals surface area contributed by atoms with Gasteiger partial charge in [0.25, 0.3) is 0 Å². The third-order valence-corrected chi connectivity index (χ3v) is 4.93. The summed E-state index contributed by atoms with van der Waals surface area (Å²) in [6.45, 7) is 7.01. The molecule has 0 aromatic rings. The summed E-state index contributed by atoms with van der Waals surface area (Å²) < 4.78 is 28.1. The zero-order valence-electron chi connectivity index (χ0n) is 10.8. The second-order valence-corrected chi connectivity index (χ2v) is 7.96. The molecule has 1 aliphatic carbocycles. The summed E-state index contributed by atoms with van der Waals surface area (Å²) >= 11 is 0. The van der Waals surface area contributed by atoms with Gasteiger partial charge in [0, 0.05) is 11.8 Å². The van der Waals surface area contributed by atoms with Crippen molar-refractivity contribution in [3.8, 4) is 0 Å². The number of alkyl carbamates (subject to hydrolysis) is 1. The number of sulfone groups is 1. The van der Waals surface area contributed by atoms with Gasteiger partial charge in [0.1, 0.15) is 5.60 Å². The Morgan fingerprint density at radius 2 is 1.88 bits per heavy atom. The fourth-order valence-electron chi connectivity index (χ4n) is 1.69. The summed E-state index contributed by atoms with van der Waals surface area (Å²) in [5.74, 6) is 0.164. The van der Waals surface area contributed by atoms with E-state index < -0.39 is 21.5 Å². The number of ether oxygens (including phenoxy) is 1. The highest BCUT2D eigenvalue weighted by atomic mass is 32.2. The average molecular weight is 263 g/mol. The lowest BCUT2D eigenvalue weighted by atomic mass is 9.92. The molecule has 0 aromatic heterocycles. The van der Waals surface area contributed by atoms with E-state index in [0.717, 1.165) is 0 Å². The van der Waals surface area contributed by atoms with E-state index in [1.54, 1.807) is 27.7 Å². The second kappa shape index (κ2) is 4.84. The van der Waals surface area contributed by atoms with Crippen LogP contribution in [0, 0.1) is 0 Å². The van der Waals surface area contributed by atoms with Crippen LogP contribution in [-0.4, -0.2) is 37.2 Å². The number of amides is 1. The predicted molar refractivity (Wildman–Crippen MR) is 65.6 cm³/mol. The van der Waals surface area contributed by atoms with E-state index >= 15 is 0 Å². The van der Waals surface area contributed by atoms with Crippen molar-refractivity contribution in [1.82, 2.24) is 5.32 Å². The number of carbonyl (C=O) groups is 1. The predicted octanol–water partition coefficient (Wildman–Crippen LogP) is 1.48. The third kappa shape index (κ3) is 4.18. The van der Waals surface area contributed by atoms with Gasteiger partial charge in [-0.2, -0.15) is 0 Å². The Morgan fingerprint density at radius 3 is 2.29 bits per heavy atom. The molecule has 1 amide bonds. The largest absolute Gasteiger partial charge is 0.444 e. The summed E-state index contributed by atoms with van der Waals surface area (Å²) in [6, 6.07) is -0.0730. The Morgan fingerprint density at radius 1 is 1.35 bits per heavy atom. The summed E-state index contributed by atoms with van der Waals surface area (Å²) in [4.78, 5) is 11.4. The van der Waals surface area contributed by atoms with Crippen LogP contribution in [0.15, 0.2) is 0 Å². The van der Waals surface area contributed by atoms with Gasteiger partial charge in [0.2, 0.25) is 0 Å². The smallest absolute Gasteiger partial charge is 0.407 e.